The Bertz CT molecular complexity index is 796. The summed E-state index contributed by atoms with van der Waals surface area (Å²) >= 11 is 0. The van der Waals surface area contributed by atoms with Gasteiger partial charge in [0.15, 0.2) is 0 Å². The Labute approximate surface area is 144 Å². The van der Waals surface area contributed by atoms with Crippen molar-refractivity contribution in [2.75, 3.05) is 19.3 Å². The number of nitrogens with one attached hydrogen (secondary N) is 1. The zero-order chi connectivity index (χ0) is 17.2. The Morgan fingerprint density at radius 2 is 1.79 bits per heavy atom. The smallest absolute Gasteiger partial charge is 0.211 e. The Morgan fingerprint density at radius 1 is 1.12 bits per heavy atom. The molecule has 0 bridgehead atoms. The first kappa shape index (κ1) is 17.4. The van der Waals surface area contributed by atoms with Crippen molar-refractivity contribution in [3.05, 3.63) is 48.0 Å². The normalized spacial score (nSPS) is 18.8. The number of benzene rings is 2. The van der Waals surface area contributed by atoms with Gasteiger partial charge in [-0.3, -0.25) is 0 Å². The highest BCUT2D eigenvalue weighted by atomic mass is 32.2. The summed E-state index contributed by atoms with van der Waals surface area (Å²) in [6.45, 7) is 3.45. The summed E-state index contributed by atoms with van der Waals surface area (Å²) in [5, 5.41) is 6.22. The molecular formula is C19H26N2O2S. The van der Waals surface area contributed by atoms with Gasteiger partial charge in [-0.1, -0.05) is 42.5 Å². The number of sulfonamides is 1. The molecule has 3 rings (SSSR count). The molecule has 5 heteroatoms. The molecule has 24 heavy (non-hydrogen) atoms. The van der Waals surface area contributed by atoms with Crippen LogP contribution in [0, 0.1) is 0 Å². The lowest BCUT2D eigenvalue weighted by Gasteiger charge is -2.32. The highest BCUT2D eigenvalue weighted by Crippen LogP contribution is 2.18. The first-order chi connectivity index (χ1) is 11.4. The summed E-state index contributed by atoms with van der Waals surface area (Å²) in [5.41, 5.74) is 1.34. The molecule has 1 N–H and O–H groups in total. The van der Waals surface area contributed by atoms with E-state index >= 15 is 0 Å². The van der Waals surface area contributed by atoms with Gasteiger partial charge < -0.3 is 5.32 Å². The van der Waals surface area contributed by atoms with Crippen LogP contribution in [0.4, 0.5) is 0 Å². The SMILES string of the molecule is CC(Cc1ccc2ccccc2c1)NC1CCN(S(C)(=O)=O)CC1. The Hall–Kier alpha value is -1.43. The van der Waals surface area contributed by atoms with E-state index in [1.165, 1.54) is 22.6 Å². The first-order valence-electron chi connectivity index (χ1n) is 8.60. The van der Waals surface area contributed by atoms with Crippen molar-refractivity contribution in [2.24, 2.45) is 0 Å². The molecule has 1 atom stereocenters. The van der Waals surface area contributed by atoms with Crippen LogP contribution in [0.2, 0.25) is 0 Å². The van der Waals surface area contributed by atoms with E-state index in [2.05, 4.69) is 54.7 Å². The van der Waals surface area contributed by atoms with E-state index in [-0.39, 0.29) is 0 Å². The average Bonchev–Trinajstić information content (AvgIpc) is 2.54. The van der Waals surface area contributed by atoms with Gasteiger partial charge in [-0.05, 0) is 42.5 Å². The Balaban J connectivity index is 1.54. The van der Waals surface area contributed by atoms with Crippen LogP contribution >= 0.6 is 0 Å². The maximum atomic E-state index is 11.6. The van der Waals surface area contributed by atoms with Crippen molar-refractivity contribution >= 4 is 20.8 Å². The molecule has 0 aliphatic carbocycles. The number of piperidine rings is 1. The van der Waals surface area contributed by atoms with Crippen molar-refractivity contribution in [1.29, 1.82) is 0 Å². The molecule has 2 aromatic carbocycles. The third kappa shape index (κ3) is 4.35. The molecule has 1 fully saturated rings. The molecule has 1 aliphatic rings. The van der Waals surface area contributed by atoms with Crippen molar-refractivity contribution < 1.29 is 8.42 Å². The monoisotopic (exact) mass is 346 g/mol. The van der Waals surface area contributed by atoms with Gasteiger partial charge in [0.2, 0.25) is 10.0 Å². The van der Waals surface area contributed by atoms with Gasteiger partial charge in [0.25, 0.3) is 0 Å². The number of nitrogens with zero attached hydrogens (tertiary/aromatic N) is 1. The number of fused-ring (bicyclic) bond motifs is 1. The van der Waals surface area contributed by atoms with Gasteiger partial charge in [0.05, 0.1) is 6.26 Å². The van der Waals surface area contributed by atoms with Crippen LogP contribution in [0.3, 0.4) is 0 Å². The minimum atomic E-state index is -3.04. The maximum Gasteiger partial charge on any atom is 0.211 e. The number of hydrogen-bond acceptors (Lipinski definition) is 3. The quantitative estimate of drug-likeness (QED) is 0.906. The summed E-state index contributed by atoms with van der Waals surface area (Å²) < 4.78 is 24.7. The van der Waals surface area contributed by atoms with E-state index in [9.17, 15) is 8.42 Å². The standard InChI is InChI=1S/C19H26N2O2S/c1-15(20-19-9-11-21(12-10-19)24(2,22)23)13-16-7-8-17-5-3-4-6-18(17)14-16/h3-8,14-15,19-20H,9-13H2,1-2H3. The zero-order valence-electron chi connectivity index (χ0n) is 14.4. The molecule has 1 unspecified atom stereocenters. The summed E-state index contributed by atoms with van der Waals surface area (Å²) in [6.07, 6.45) is 4.05. The second-order valence-corrected chi connectivity index (χ2v) is 8.87. The second-order valence-electron chi connectivity index (χ2n) is 6.89. The van der Waals surface area contributed by atoms with Crippen LogP contribution in [0.15, 0.2) is 42.5 Å². The van der Waals surface area contributed by atoms with E-state index in [1.807, 2.05) is 0 Å². The van der Waals surface area contributed by atoms with Gasteiger partial charge in [0.1, 0.15) is 0 Å². The molecule has 130 valence electrons. The molecule has 0 amide bonds. The zero-order valence-corrected chi connectivity index (χ0v) is 15.2. The van der Waals surface area contributed by atoms with Gasteiger partial charge in [-0.2, -0.15) is 0 Å². The average molecular weight is 346 g/mol. The Kier molecular flexibility index (Phi) is 5.23. The molecule has 0 radical (unpaired) electrons. The lowest BCUT2D eigenvalue weighted by molar-refractivity contribution is 0.277. The van der Waals surface area contributed by atoms with Crippen LogP contribution in [0.5, 0.6) is 0 Å². The molecule has 0 saturated carbocycles. The predicted octanol–water partition coefficient (Wildman–Crippen LogP) is 2.78. The maximum absolute atomic E-state index is 11.6. The lowest BCUT2D eigenvalue weighted by Crippen LogP contribution is -2.47. The van der Waals surface area contributed by atoms with E-state index < -0.39 is 10.0 Å². The lowest BCUT2D eigenvalue weighted by atomic mass is 10.0. The van der Waals surface area contributed by atoms with Crippen molar-refractivity contribution in [2.45, 2.75) is 38.3 Å². The third-order valence-electron chi connectivity index (χ3n) is 4.80. The molecule has 0 spiro atoms. The van der Waals surface area contributed by atoms with E-state index in [0.29, 0.717) is 25.2 Å². The van der Waals surface area contributed by atoms with Crippen LogP contribution in [0.25, 0.3) is 10.8 Å². The highest BCUT2D eigenvalue weighted by Gasteiger charge is 2.25. The minimum absolute atomic E-state index is 0.376. The van der Waals surface area contributed by atoms with E-state index in [4.69, 9.17) is 0 Å². The largest absolute Gasteiger partial charge is 0.311 e. The molecule has 1 saturated heterocycles. The molecule has 4 nitrogen and oxygen atoms in total. The van der Waals surface area contributed by atoms with Gasteiger partial charge >= 0.3 is 0 Å². The highest BCUT2D eigenvalue weighted by molar-refractivity contribution is 7.88. The number of hydrogen-bond donors (Lipinski definition) is 1. The molecule has 0 aromatic heterocycles. The van der Waals surface area contributed by atoms with Crippen LogP contribution in [-0.2, 0) is 16.4 Å². The fourth-order valence-electron chi connectivity index (χ4n) is 3.53. The van der Waals surface area contributed by atoms with Gasteiger partial charge in [-0.15, -0.1) is 0 Å². The molecular weight excluding hydrogens is 320 g/mol. The Morgan fingerprint density at radius 3 is 2.46 bits per heavy atom. The summed E-state index contributed by atoms with van der Waals surface area (Å²) in [6, 6.07) is 15.8. The molecule has 2 aromatic rings. The third-order valence-corrected chi connectivity index (χ3v) is 6.10. The van der Waals surface area contributed by atoms with Crippen LogP contribution < -0.4 is 5.32 Å². The first-order valence-corrected chi connectivity index (χ1v) is 10.5. The van der Waals surface area contributed by atoms with E-state index in [1.54, 1.807) is 4.31 Å². The molecule has 1 aliphatic heterocycles. The van der Waals surface area contributed by atoms with Crippen LogP contribution in [-0.4, -0.2) is 44.2 Å². The summed E-state index contributed by atoms with van der Waals surface area (Å²) in [5.74, 6) is 0. The fourth-order valence-corrected chi connectivity index (χ4v) is 4.41. The van der Waals surface area contributed by atoms with Crippen molar-refractivity contribution in [3.63, 3.8) is 0 Å². The predicted molar refractivity (Wildman–Crippen MR) is 99.7 cm³/mol. The van der Waals surface area contributed by atoms with E-state index in [0.717, 1.165) is 19.3 Å². The topological polar surface area (TPSA) is 49.4 Å². The second kappa shape index (κ2) is 7.21. The van der Waals surface area contributed by atoms with Gasteiger partial charge in [-0.25, -0.2) is 12.7 Å². The fraction of sp³-hybridized carbons (Fsp3) is 0.474. The summed E-state index contributed by atoms with van der Waals surface area (Å²) in [7, 11) is -3.04. The minimum Gasteiger partial charge on any atom is -0.311 e. The number of rotatable bonds is 5. The van der Waals surface area contributed by atoms with Crippen molar-refractivity contribution in [1.82, 2.24) is 9.62 Å². The van der Waals surface area contributed by atoms with Crippen molar-refractivity contribution in [3.8, 4) is 0 Å². The summed E-state index contributed by atoms with van der Waals surface area (Å²) in [4.78, 5) is 0. The molecule has 1 heterocycles. The van der Waals surface area contributed by atoms with Crippen LogP contribution in [0.1, 0.15) is 25.3 Å². The van der Waals surface area contributed by atoms with Gasteiger partial charge in [0, 0.05) is 25.2 Å².